The van der Waals surface area contributed by atoms with Gasteiger partial charge in [0.25, 0.3) is 5.69 Å². The monoisotopic (exact) mass is 451 g/mol. The van der Waals surface area contributed by atoms with Gasteiger partial charge in [0, 0.05) is 29.5 Å². The number of rotatable bonds is 8. The van der Waals surface area contributed by atoms with Crippen molar-refractivity contribution >= 4 is 23.4 Å². The van der Waals surface area contributed by atoms with Crippen LogP contribution in [0.4, 0.5) is 5.69 Å². The number of benzene rings is 2. The topological polar surface area (TPSA) is 103 Å². The number of amides is 1. The highest BCUT2D eigenvalue weighted by Gasteiger charge is 2.27. The Morgan fingerprint density at radius 3 is 2.50 bits per heavy atom. The zero-order valence-corrected chi connectivity index (χ0v) is 18.6. The SMILES string of the molecule is CC(NC(=O)C1CCCC1)c1nnc(SCc2ccccc2)n1-c1ccc([N+](=O)[O-])cc1. The van der Waals surface area contributed by atoms with Crippen molar-refractivity contribution < 1.29 is 9.72 Å². The van der Waals surface area contributed by atoms with Gasteiger partial charge in [-0.25, -0.2) is 0 Å². The number of nitrogens with one attached hydrogen (secondary N) is 1. The molecule has 166 valence electrons. The molecule has 0 bridgehead atoms. The molecule has 1 saturated carbocycles. The first kappa shape index (κ1) is 22.0. The van der Waals surface area contributed by atoms with Crippen molar-refractivity contribution in [3.05, 3.63) is 76.1 Å². The predicted octanol–water partition coefficient (Wildman–Crippen LogP) is 4.84. The van der Waals surface area contributed by atoms with Gasteiger partial charge in [-0.05, 0) is 37.5 Å². The van der Waals surface area contributed by atoms with Gasteiger partial charge in [0.05, 0.1) is 11.0 Å². The fraction of sp³-hybridized carbons (Fsp3) is 0.348. The zero-order chi connectivity index (χ0) is 22.5. The summed E-state index contributed by atoms with van der Waals surface area (Å²) in [5, 5.41) is 23.6. The molecular weight excluding hydrogens is 426 g/mol. The maximum Gasteiger partial charge on any atom is 0.269 e. The Balaban J connectivity index is 1.62. The van der Waals surface area contributed by atoms with E-state index in [1.54, 1.807) is 12.1 Å². The summed E-state index contributed by atoms with van der Waals surface area (Å²) in [4.78, 5) is 23.3. The number of hydrogen-bond donors (Lipinski definition) is 1. The summed E-state index contributed by atoms with van der Waals surface area (Å²) in [5.41, 5.74) is 1.89. The summed E-state index contributed by atoms with van der Waals surface area (Å²) in [7, 11) is 0. The van der Waals surface area contributed by atoms with Gasteiger partial charge in [-0.3, -0.25) is 19.5 Å². The number of aromatic nitrogens is 3. The van der Waals surface area contributed by atoms with E-state index in [9.17, 15) is 14.9 Å². The third-order valence-electron chi connectivity index (χ3n) is 5.66. The number of non-ortho nitro benzene ring substituents is 1. The summed E-state index contributed by atoms with van der Waals surface area (Å²) in [6.45, 7) is 1.89. The van der Waals surface area contributed by atoms with Gasteiger partial charge in [-0.15, -0.1) is 10.2 Å². The highest BCUT2D eigenvalue weighted by atomic mass is 32.2. The fourth-order valence-corrected chi connectivity index (χ4v) is 4.84. The second-order valence-electron chi connectivity index (χ2n) is 7.94. The predicted molar refractivity (Wildman–Crippen MR) is 123 cm³/mol. The molecule has 1 aliphatic carbocycles. The molecular formula is C23H25N5O3S. The standard InChI is InChI=1S/C23H25N5O3S/c1-16(24-22(29)18-9-5-6-10-18)21-25-26-23(32-15-17-7-3-2-4-8-17)27(21)19-11-13-20(14-12-19)28(30)31/h2-4,7-8,11-14,16,18H,5-6,9-10,15H2,1H3,(H,24,29). The molecule has 1 aromatic heterocycles. The second-order valence-corrected chi connectivity index (χ2v) is 8.88. The summed E-state index contributed by atoms with van der Waals surface area (Å²) < 4.78 is 1.87. The molecule has 32 heavy (non-hydrogen) atoms. The minimum Gasteiger partial charge on any atom is -0.346 e. The van der Waals surface area contributed by atoms with E-state index in [2.05, 4.69) is 15.5 Å². The Labute approximate surface area is 190 Å². The molecule has 4 rings (SSSR count). The first-order valence-corrected chi connectivity index (χ1v) is 11.7. The molecule has 1 fully saturated rings. The van der Waals surface area contributed by atoms with Crippen LogP contribution in [0.15, 0.2) is 59.8 Å². The van der Waals surface area contributed by atoms with Crippen molar-refractivity contribution in [3.8, 4) is 5.69 Å². The lowest BCUT2D eigenvalue weighted by atomic mass is 10.1. The van der Waals surface area contributed by atoms with Gasteiger partial charge in [0.15, 0.2) is 11.0 Å². The number of carbonyl (C=O) groups excluding carboxylic acids is 1. The second kappa shape index (κ2) is 9.95. The number of nitrogens with zero attached hydrogens (tertiary/aromatic N) is 4. The molecule has 1 heterocycles. The van der Waals surface area contributed by atoms with Crippen LogP contribution in [-0.2, 0) is 10.5 Å². The number of hydrogen-bond acceptors (Lipinski definition) is 6. The first-order valence-electron chi connectivity index (χ1n) is 10.7. The molecule has 1 unspecified atom stereocenters. The third-order valence-corrected chi connectivity index (χ3v) is 6.66. The van der Waals surface area contributed by atoms with E-state index in [0.717, 1.165) is 31.2 Å². The van der Waals surface area contributed by atoms with Crippen LogP contribution in [0.2, 0.25) is 0 Å². The van der Waals surface area contributed by atoms with E-state index in [1.165, 1.54) is 23.9 Å². The molecule has 1 amide bonds. The van der Waals surface area contributed by atoms with E-state index in [-0.39, 0.29) is 23.6 Å². The quantitative estimate of drug-likeness (QED) is 0.299. The Hall–Kier alpha value is -3.20. The van der Waals surface area contributed by atoms with E-state index >= 15 is 0 Å². The molecule has 0 radical (unpaired) electrons. The average molecular weight is 452 g/mol. The van der Waals surface area contributed by atoms with Crippen LogP contribution < -0.4 is 5.32 Å². The summed E-state index contributed by atoms with van der Waals surface area (Å²) >= 11 is 1.53. The van der Waals surface area contributed by atoms with Crippen LogP contribution in [0.3, 0.4) is 0 Å². The molecule has 8 nitrogen and oxygen atoms in total. The molecule has 9 heteroatoms. The van der Waals surface area contributed by atoms with Crippen molar-refractivity contribution in [1.82, 2.24) is 20.1 Å². The van der Waals surface area contributed by atoms with Gasteiger partial charge >= 0.3 is 0 Å². The summed E-state index contributed by atoms with van der Waals surface area (Å²) in [6.07, 6.45) is 4.02. The van der Waals surface area contributed by atoms with Crippen molar-refractivity contribution in [2.24, 2.45) is 5.92 Å². The van der Waals surface area contributed by atoms with Crippen LogP contribution in [0.25, 0.3) is 5.69 Å². The van der Waals surface area contributed by atoms with Gasteiger partial charge in [0.2, 0.25) is 5.91 Å². The van der Waals surface area contributed by atoms with Crippen molar-refractivity contribution in [1.29, 1.82) is 0 Å². The van der Waals surface area contributed by atoms with Crippen LogP contribution in [0.5, 0.6) is 0 Å². The van der Waals surface area contributed by atoms with E-state index in [4.69, 9.17) is 0 Å². The number of carbonyl (C=O) groups is 1. The lowest BCUT2D eigenvalue weighted by Crippen LogP contribution is -2.33. The van der Waals surface area contributed by atoms with Crippen LogP contribution in [-0.4, -0.2) is 25.6 Å². The molecule has 3 aromatic rings. The lowest BCUT2D eigenvalue weighted by molar-refractivity contribution is -0.384. The molecule has 1 N–H and O–H groups in total. The van der Waals surface area contributed by atoms with Crippen LogP contribution in [0, 0.1) is 16.0 Å². The highest BCUT2D eigenvalue weighted by molar-refractivity contribution is 7.98. The van der Waals surface area contributed by atoms with E-state index in [0.29, 0.717) is 22.4 Å². The number of nitro groups is 1. The van der Waals surface area contributed by atoms with Crippen molar-refractivity contribution in [3.63, 3.8) is 0 Å². The van der Waals surface area contributed by atoms with Gasteiger partial charge in [-0.1, -0.05) is 54.9 Å². The number of nitro benzene ring substituents is 1. The van der Waals surface area contributed by atoms with Gasteiger partial charge in [0.1, 0.15) is 0 Å². The van der Waals surface area contributed by atoms with Gasteiger partial charge < -0.3 is 5.32 Å². The maximum absolute atomic E-state index is 12.7. The fourth-order valence-electron chi connectivity index (χ4n) is 3.93. The Kier molecular flexibility index (Phi) is 6.84. The summed E-state index contributed by atoms with van der Waals surface area (Å²) in [5.74, 6) is 1.40. The minimum absolute atomic E-state index is 0.0180. The van der Waals surface area contributed by atoms with Crippen molar-refractivity contribution in [2.45, 2.75) is 49.6 Å². The number of thioether (sulfide) groups is 1. The first-order chi connectivity index (χ1) is 15.5. The Bertz CT molecular complexity index is 1080. The normalized spacial score (nSPS) is 14.9. The Morgan fingerprint density at radius 1 is 1.16 bits per heavy atom. The van der Waals surface area contributed by atoms with Crippen LogP contribution in [0.1, 0.15) is 50.0 Å². The molecule has 0 spiro atoms. The molecule has 0 aliphatic heterocycles. The average Bonchev–Trinajstić information content (AvgIpc) is 3.49. The third kappa shape index (κ3) is 4.99. The highest BCUT2D eigenvalue weighted by Crippen LogP contribution is 2.30. The smallest absolute Gasteiger partial charge is 0.269 e. The molecule has 1 atom stereocenters. The molecule has 1 aliphatic rings. The van der Waals surface area contributed by atoms with E-state index in [1.807, 2.05) is 41.8 Å². The largest absolute Gasteiger partial charge is 0.346 e. The minimum atomic E-state index is -0.424. The maximum atomic E-state index is 12.7. The van der Waals surface area contributed by atoms with Gasteiger partial charge in [-0.2, -0.15) is 0 Å². The lowest BCUT2D eigenvalue weighted by Gasteiger charge is -2.18. The van der Waals surface area contributed by atoms with Crippen LogP contribution >= 0.6 is 11.8 Å². The Morgan fingerprint density at radius 2 is 1.84 bits per heavy atom. The zero-order valence-electron chi connectivity index (χ0n) is 17.8. The molecule has 2 aromatic carbocycles. The van der Waals surface area contributed by atoms with E-state index < -0.39 is 4.92 Å². The van der Waals surface area contributed by atoms with Crippen molar-refractivity contribution in [2.75, 3.05) is 0 Å². The molecule has 0 saturated heterocycles. The summed E-state index contributed by atoms with van der Waals surface area (Å²) in [6, 6.07) is 16.0.